The van der Waals surface area contributed by atoms with E-state index in [2.05, 4.69) is 15.4 Å². The number of nitrogens with zero attached hydrogens (tertiary/aromatic N) is 4. The van der Waals surface area contributed by atoms with Gasteiger partial charge in [0.1, 0.15) is 10.7 Å². The van der Waals surface area contributed by atoms with Gasteiger partial charge in [-0.3, -0.25) is 19.2 Å². The molecule has 0 saturated carbocycles. The van der Waals surface area contributed by atoms with Crippen molar-refractivity contribution < 1.29 is 23.9 Å². The van der Waals surface area contributed by atoms with Crippen molar-refractivity contribution in [1.82, 2.24) is 14.7 Å². The molecule has 0 spiro atoms. The molecular weight excluding hydrogens is 514 g/mol. The zero-order valence-corrected chi connectivity index (χ0v) is 23.1. The smallest absolute Gasteiger partial charge is 0.341 e. The highest BCUT2D eigenvalue weighted by molar-refractivity contribution is 8.14. The number of methoxy groups -OCH3 is 2. The van der Waals surface area contributed by atoms with E-state index in [9.17, 15) is 14.4 Å². The van der Waals surface area contributed by atoms with Crippen LogP contribution in [0.5, 0.6) is 0 Å². The Morgan fingerprint density at radius 3 is 2.76 bits per heavy atom. The summed E-state index contributed by atoms with van der Waals surface area (Å²) in [6, 6.07) is 0. The average Bonchev–Trinajstić information content (AvgIpc) is 3.50. The standard InChI is InChI=1S/C25H31N5O5S2/c1-15-16(13-29(2)28-15)12-18-23(32)30(10-7-11-34-3)25(26-18)36-14-20(31)27-22-21(24(33)35-4)17-8-5-6-9-19(17)37-22/h12-13H,5-11,14H2,1-4H3,(H,27,31). The predicted molar refractivity (Wildman–Crippen MR) is 145 cm³/mol. The number of carbonyl (C=O) groups is 3. The van der Waals surface area contributed by atoms with Crippen molar-refractivity contribution in [2.45, 2.75) is 39.0 Å². The first-order valence-electron chi connectivity index (χ1n) is 12.1. The molecule has 0 atom stereocenters. The van der Waals surface area contributed by atoms with E-state index < -0.39 is 5.97 Å². The van der Waals surface area contributed by atoms with Crippen molar-refractivity contribution in [3.05, 3.63) is 39.2 Å². The Bertz CT molecular complexity index is 1260. The van der Waals surface area contributed by atoms with E-state index in [4.69, 9.17) is 9.47 Å². The number of amidine groups is 1. The molecular formula is C25H31N5O5S2. The first-order valence-corrected chi connectivity index (χ1v) is 13.9. The molecule has 0 fully saturated rings. The van der Waals surface area contributed by atoms with E-state index in [1.165, 1.54) is 30.2 Å². The van der Waals surface area contributed by atoms with Crippen molar-refractivity contribution in [3.8, 4) is 0 Å². The minimum absolute atomic E-state index is 0.0370. The number of hydrogen-bond donors (Lipinski definition) is 1. The molecule has 1 N–H and O–H groups in total. The van der Waals surface area contributed by atoms with Crippen molar-refractivity contribution >= 4 is 57.1 Å². The molecule has 2 aliphatic rings. The molecule has 1 aliphatic heterocycles. The van der Waals surface area contributed by atoms with Gasteiger partial charge in [-0.25, -0.2) is 9.79 Å². The topological polar surface area (TPSA) is 115 Å². The second-order valence-electron chi connectivity index (χ2n) is 8.81. The van der Waals surface area contributed by atoms with Crippen LogP contribution in [-0.2, 0) is 39.0 Å². The minimum Gasteiger partial charge on any atom is -0.465 e. The quantitative estimate of drug-likeness (QED) is 0.292. The van der Waals surface area contributed by atoms with Gasteiger partial charge in [-0.05, 0) is 50.7 Å². The average molecular weight is 546 g/mol. The Labute approximate surface area is 224 Å². The molecule has 1 aliphatic carbocycles. The Morgan fingerprint density at radius 2 is 2.05 bits per heavy atom. The summed E-state index contributed by atoms with van der Waals surface area (Å²) in [6.45, 7) is 2.80. The molecule has 198 valence electrons. The molecule has 2 aromatic rings. The van der Waals surface area contributed by atoms with Gasteiger partial charge in [0, 0.05) is 43.9 Å². The van der Waals surface area contributed by atoms with Gasteiger partial charge in [0.05, 0.1) is 24.1 Å². The van der Waals surface area contributed by atoms with Crippen molar-refractivity contribution in [2.24, 2.45) is 12.0 Å². The van der Waals surface area contributed by atoms with Gasteiger partial charge in [-0.2, -0.15) is 5.10 Å². The molecule has 0 unspecified atom stereocenters. The fourth-order valence-corrected chi connectivity index (χ4v) is 6.50. The van der Waals surface area contributed by atoms with E-state index in [0.717, 1.165) is 47.4 Å². The Balaban J connectivity index is 1.50. The molecule has 0 bridgehead atoms. The maximum absolute atomic E-state index is 13.1. The third-order valence-electron chi connectivity index (χ3n) is 6.13. The number of nitrogens with one attached hydrogen (secondary N) is 1. The lowest BCUT2D eigenvalue weighted by Gasteiger charge is -2.17. The fraction of sp³-hybridized carbons (Fsp3) is 0.480. The van der Waals surface area contributed by atoms with E-state index in [1.54, 1.807) is 22.8 Å². The number of aromatic nitrogens is 2. The highest BCUT2D eigenvalue weighted by Crippen LogP contribution is 2.38. The van der Waals surface area contributed by atoms with Crippen LogP contribution in [0, 0.1) is 6.92 Å². The van der Waals surface area contributed by atoms with Crippen LogP contribution in [0.15, 0.2) is 16.9 Å². The second kappa shape index (κ2) is 12.1. The Kier molecular flexibility index (Phi) is 8.83. The number of aryl methyl sites for hydroxylation is 3. The van der Waals surface area contributed by atoms with Crippen molar-refractivity contribution in [3.63, 3.8) is 0 Å². The summed E-state index contributed by atoms with van der Waals surface area (Å²) in [5.74, 6) is -0.893. The lowest BCUT2D eigenvalue weighted by atomic mass is 9.95. The lowest BCUT2D eigenvalue weighted by Crippen LogP contribution is -2.32. The summed E-state index contributed by atoms with van der Waals surface area (Å²) in [7, 11) is 4.78. The number of anilines is 1. The van der Waals surface area contributed by atoms with Crippen LogP contribution in [0.2, 0.25) is 0 Å². The highest BCUT2D eigenvalue weighted by atomic mass is 32.2. The van der Waals surface area contributed by atoms with E-state index in [0.29, 0.717) is 41.0 Å². The Hall–Kier alpha value is -2.96. The van der Waals surface area contributed by atoms with Gasteiger partial charge in [0.25, 0.3) is 5.91 Å². The monoisotopic (exact) mass is 545 g/mol. The van der Waals surface area contributed by atoms with Gasteiger partial charge in [0.15, 0.2) is 5.17 Å². The van der Waals surface area contributed by atoms with Crippen LogP contribution in [0.3, 0.4) is 0 Å². The second-order valence-corrected chi connectivity index (χ2v) is 10.9. The van der Waals surface area contributed by atoms with Gasteiger partial charge in [-0.1, -0.05) is 11.8 Å². The molecule has 37 heavy (non-hydrogen) atoms. The number of esters is 1. The molecule has 4 rings (SSSR count). The number of rotatable bonds is 9. The molecule has 2 aromatic heterocycles. The summed E-state index contributed by atoms with van der Waals surface area (Å²) in [5, 5.41) is 8.21. The summed E-state index contributed by atoms with van der Waals surface area (Å²) in [5.41, 5.74) is 3.36. The maximum atomic E-state index is 13.1. The number of thioether (sulfide) groups is 1. The number of hydrogen-bond acceptors (Lipinski definition) is 9. The number of aliphatic imine (C=N–C) groups is 1. The molecule has 2 amide bonds. The molecule has 0 saturated heterocycles. The summed E-state index contributed by atoms with van der Waals surface area (Å²) >= 11 is 2.63. The zero-order valence-electron chi connectivity index (χ0n) is 21.5. The molecule has 3 heterocycles. The zero-order chi connectivity index (χ0) is 26.5. The molecule has 0 radical (unpaired) electrons. The third kappa shape index (κ3) is 6.13. The number of amides is 2. The third-order valence-corrected chi connectivity index (χ3v) is 8.31. The van der Waals surface area contributed by atoms with Gasteiger partial charge < -0.3 is 14.8 Å². The van der Waals surface area contributed by atoms with Crippen LogP contribution in [0.4, 0.5) is 5.00 Å². The molecule has 10 nitrogen and oxygen atoms in total. The summed E-state index contributed by atoms with van der Waals surface area (Å²) in [4.78, 5) is 45.8. The van der Waals surface area contributed by atoms with Crippen molar-refractivity contribution in [2.75, 3.05) is 38.4 Å². The molecule has 12 heteroatoms. The summed E-state index contributed by atoms with van der Waals surface area (Å²) < 4.78 is 11.8. The van der Waals surface area contributed by atoms with Crippen LogP contribution >= 0.6 is 23.1 Å². The highest BCUT2D eigenvalue weighted by Gasteiger charge is 2.31. The van der Waals surface area contributed by atoms with Crippen LogP contribution in [0.1, 0.15) is 51.3 Å². The first-order chi connectivity index (χ1) is 17.8. The molecule has 0 aromatic carbocycles. The van der Waals surface area contributed by atoms with Crippen LogP contribution < -0.4 is 5.32 Å². The predicted octanol–water partition coefficient (Wildman–Crippen LogP) is 3.40. The summed E-state index contributed by atoms with van der Waals surface area (Å²) in [6.07, 6.45) is 7.98. The van der Waals surface area contributed by atoms with E-state index in [1.807, 2.05) is 20.2 Å². The Morgan fingerprint density at radius 1 is 1.27 bits per heavy atom. The number of thiophene rings is 1. The maximum Gasteiger partial charge on any atom is 0.341 e. The van der Waals surface area contributed by atoms with Crippen molar-refractivity contribution in [1.29, 1.82) is 0 Å². The van der Waals surface area contributed by atoms with Crippen LogP contribution in [-0.4, -0.2) is 70.8 Å². The van der Waals surface area contributed by atoms with Gasteiger partial charge in [-0.15, -0.1) is 11.3 Å². The number of carbonyl (C=O) groups excluding carboxylic acids is 3. The fourth-order valence-electron chi connectivity index (χ4n) is 4.38. The van der Waals surface area contributed by atoms with Gasteiger partial charge >= 0.3 is 5.97 Å². The largest absolute Gasteiger partial charge is 0.465 e. The minimum atomic E-state index is -0.432. The van der Waals surface area contributed by atoms with E-state index >= 15 is 0 Å². The first kappa shape index (κ1) is 27.1. The normalized spacial score (nSPS) is 16.2. The number of ether oxygens (including phenoxy) is 2. The van der Waals surface area contributed by atoms with Crippen LogP contribution in [0.25, 0.3) is 6.08 Å². The lowest BCUT2D eigenvalue weighted by molar-refractivity contribution is -0.122. The van der Waals surface area contributed by atoms with Gasteiger partial charge in [0.2, 0.25) is 5.91 Å². The SMILES string of the molecule is COCCCN1C(=O)C(=Cc2cn(C)nc2C)N=C1SCC(=O)Nc1sc2c(c1C(=O)OC)CCCC2. The van der Waals surface area contributed by atoms with E-state index in [-0.39, 0.29) is 17.6 Å². The number of fused-ring (bicyclic) bond motifs is 1.